The van der Waals surface area contributed by atoms with Crippen molar-refractivity contribution in [2.75, 3.05) is 39.3 Å². The highest BCUT2D eigenvalue weighted by atomic mass is 32.2. The lowest BCUT2D eigenvalue weighted by Crippen LogP contribution is -2.39. The van der Waals surface area contributed by atoms with E-state index in [1.807, 2.05) is 0 Å². The van der Waals surface area contributed by atoms with Crippen molar-refractivity contribution in [2.45, 2.75) is 17.7 Å². The Morgan fingerprint density at radius 1 is 1.15 bits per heavy atom. The van der Waals surface area contributed by atoms with E-state index in [9.17, 15) is 21.6 Å². The normalized spacial score (nSPS) is 17.0. The Morgan fingerprint density at radius 2 is 1.77 bits per heavy atom. The van der Waals surface area contributed by atoms with Crippen LogP contribution in [0.25, 0.3) is 0 Å². The van der Waals surface area contributed by atoms with E-state index in [1.165, 1.54) is 35.9 Å². The summed E-state index contributed by atoms with van der Waals surface area (Å²) in [7, 11) is -5.57. The second-order valence-electron chi connectivity index (χ2n) is 6.34. The summed E-state index contributed by atoms with van der Waals surface area (Å²) in [6, 6.07) is 4.12. The van der Waals surface area contributed by atoms with Crippen LogP contribution >= 0.6 is 0 Å². The fourth-order valence-electron chi connectivity index (χ4n) is 2.78. The number of nitrogens with zero attached hydrogens (tertiary/aromatic N) is 1. The first-order chi connectivity index (χ1) is 12.0. The van der Waals surface area contributed by atoms with Gasteiger partial charge in [-0.2, -0.15) is 0 Å². The highest BCUT2D eigenvalue weighted by Crippen LogP contribution is 2.27. The quantitative estimate of drug-likeness (QED) is 0.648. The number of benzene rings is 1. The molecule has 0 aromatic heterocycles. The average molecular weight is 405 g/mol. The van der Waals surface area contributed by atoms with Gasteiger partial charge in [0, 0.05) is 19.3 Å². The van der Waals surface area contributed by atoms with Gasteiger partial charge in [-0.05, 0) is 37.0 Å². The Bertz CT molecular complexity index is 870. The summed E-state index contributed by atoms with van der Waals surface area (Å²) >= 11 is 0. The van der Waals surface area contributed by atoms with E-state index >= 15 is 0 Å². The third-order valence-electron chi connectivity index (χ3n) is 4.28. The van der Waals surface area contributed by atoms with E-state index in [0.29, 0.717) is 25.9 Å². The van der Waals surface area contributed by atoms with Crippen molar-refractivity contribution in [3.05, 3.63) is 23.8 Å². The SMILES string of the molecule is COC(=O)c1ccc(OCC2CCN(S(C)(=O)=O)CC2)c(S(C)(=O)=O)c1. The molecule has 1 aliphatic rings. The molecule has 0 bridgehead atoms. The number of rotatable bonds is 6. The van der Waals surface area contributed by atoms with Crippen LogP contribution in [0.1, 0.15) is 23.2 Å². The predicted molar refractivity (Wildman–Crippen MR) is 95.5 cm³/mol. The Balaban J connectivity index is 2.09. The van der Waals surface area contributed by atoms with Gasteiger partial charge < -0.3 is 9.47 Å². The highest BCUT2D eigenvalue weighted by molar-refractivity contribution is 7.90. The second-order valence-corrected chi connectivity index (χ2v) is 10.3. The van der Waals surface area contributed by atoms with Gasteiger partial charge in [0.2, 0.25) is 10.0 Å². The second kappa shape index (κ2) is 7.93. The summed E-state index contributed by atoms with van der Waals surface area (Å²) in [5.41, 5.74) is 0.127. The molecule has 1 aliphatic heterocycles. The number of methoxy groups -OCH3 is 1. The highest BCUT2D eigenvalue weighted by Gasteiger charge is 2.26. The van der Waals surface area contributed by atoms with Crippen molar-refractivity contribution in [3.8, 4) is 5.75 Å². The molecule has 1 aromatic carbocycles. The molecule has 0 amide bonds. The van der Waals surface area contributed by atoms with Crippen molar-refractivity contribution in [1.29, 1.82) is 0 Å². The molecular formula is C16H23NO7S2. The molecule has 0 aliphatic carbocycles. The largest absolute Gasteiger partial charge is 0.492 e. The first kappa shape index (κ1) is 20.7. The number of sulfonamides is 1. The molecule has 1 fully saturated rings. The smallest absolute Gasteiger partial charge is 0.337 e. The molecule has 0 spiro atoms. The van der Waals surface area contributed by atoms with Gasteiger partial charge in [-0.25, -0.2) is 25.9 Å². The number of sulfone groups is 1. The first-order valence-electron chi connectivity index (χ1n) is 8.02. The zero-order chi connectivity index (χ0) is 19.5. The van der Waals surface area contributed by atoms with Gasteiger partial charge in [0.1, 0.15) is 10.6 Å². The summed E-state index contributed by atoms with van der Waals surface area (Å²) in [4.78, 5) is 11.5. The van der Waals surface area contributed by atoms with Gasteiger partial charge in [0.05, 0.1) is 25.5 Å². The van der Waals surface area contributed by atoms with E-state index in [2.05, 4.69) is 4.74 Å². The maximum absolute atomic E-state index is 12.0. The summed E-state index contributed by atoms with van der Waals surface area (Å²) in [5.74, 6) is -0.332. The van der Waals surface area contributed by atoms with Crippen LogP contribution in [0.3, 0.4) is 0 Å². The third kappa shape index (κ3) is 5.18. The number of esters is 1. The van der Waals surface area contributed by atoms with Gasteiger partial charge in [0.25, 0.3) is 0 Å². The summed E-state index contributed by atoms with van der Waals surface area (Å²) < 4.78 is 58.8. The molecule has 0 atom stereocenters. The first-order valence-corrected chi connectivity index (χ1v) is 11.8. The minimum atomic E-state index is -3.60. The maximum atomic E-state index is 12.0. The Morgan fingerprint density at radius 3 is 2.27 bits per heavy atom. The van der Waals surface area contributed by atoms with E-state index in [0.717, 1.165) is 6.26 Å². The molecule has 1 saturated heterocycles. The van der Waals surface area contributed by atoms with E-state index in [-0.39, 0.29) is 28.7 Å². The molecule has 0 saturated carbocycles. The fraction of sp³-hybridized carbons (Fsp3) is 0.562. The zero-order valence-electron chi connectivity index (χ0n) is 15.0. The lowest BCUT2D eigenvalue weighted by Gasteiger charge is -2.30. The van der Waals surface area contributed by atoms with Crippen molar-refractivity contribution < 1.29 is 31.1 Å². The van der Waals surface area contributed by atoms with Gasteiger partial charge in [0.15, 0.2) is 9.84 Å². The molecular weight excluding hydrogens is 382 g/mol. The minimum absolute atomic E-state index is 0.0750. The van der Waals surface area contributed by atoms with E-state index < -0.39 is 25.8 Å². The summed E-state index contributed by atoms with van der Waals surface area (Å²) in [6.07, 6.45) is 3.51. The predicted octanol–water partition coefficient (Wildman–Crippen LogP) is 0.927. The maximum Gasteiger partial charge on any atom is 0.337 e. The number of hydrogen-bond donors (Lipinski definition) is 0. The fourth-order valence-corrected chi connectivity index (χ4v) is 4.48. The molecule has 1 heterocycles. The van der Waals surface area contributed by atoms with Crippen molar-refractivity contribution in [1.82, 2.24) is 4.31 Å². The van der Waals surface area contributed by atoms with Crippen LogP contribution in [0, 0.1) is 5.92 Å². The number of piperidine rings is 1. The summed E-state index contributed by atoms with van der Waals surface area (Å²) in [6.45, 7) is 1.12. The molecule has 0 radical (unpaired) electrons. The van der Waals surface area contributed by atoms with Gasteiger partial charge in [-0.3, -0.25) is 0 Å². The van der Waals surface area contributed by atoms with E-state index in [4.69, 9.17) is 4.74 Å². The molecule has 1 aromatic rings. The number of ether oxygens (including phenoxy) is 2. The topological polar surface area (TPSA) is 107 Å². The van der Waals surface area contributed by atoms with Crippen LogP contribution in [0.5, 0.6) is 5.75 Å². The van der Waals surface area contributed by atoms with Crippen LogP contribution in [0.4, 0.5) is 0 Å². The Labute approximate surface area is 154 Å². The van der Waals surface area contributed by atoms with Crippen molar-refractivity contribution in [2.24, 2.45) is 5.92 Å². The number of hydrogen-bond acceptors (Lipinski definition) is 7. The molecule has 2 rings (SSSR count). The van der Waals surface area contributed by atoms with Crippen LogP contribution in [-0.2, 0) is 24.6 Å². The average Bonchev–Trinajstić information content (AvgIpc) is 2.58. The zero-order valence-corrected chi connectivity index (χ0v) is 16.6. The number of carbonyl (C=O) groups is 1. The third-order valence-corrected chi connectivity index (χ3v) is 6.70. The van der Waals surface area contributed by atoms with Crippen molar-refractivity contribution in [3.63, 3.8) is 0 Å². The molecule has 8 nitrogen and oxygen atoms in total. The summed E-state index contributed by atoms with van der Waals surface area (Å²) in [5, 5.41) is 0. The molecule has 10 heteroatoms. The monoisotopic (exact) mass is 405 g/mol. The van der Waals surface area contributed by atoms with Gasteiger partial charge >= 0.3 is 5.97 Å². The standard InChI is InChI=1S/C16H23NO7S2/c1-23-16(18)13-4-5-14(15(10-13)25(2,19)20)24-11-12-6-8-17(9-7-12)26(3,21)22/h4-5,10,12H,6-9,11H2,1-3H3. The van der Waals surface area contributed by atoms with E-state index in [1.54, 1.807) is 0 Å². The van der Waals surface area contributed by atoms with Gasteiger partial charge in [-0.1, -0.05) is 0 Å². The minimum Gasteiger partial charge on any atom is -0.492 e. The van der Waals surface area contributed by atoms with Crippen LogP contribution in [0.2, 0.25) is 0 Å². The Hall–Kier alpha value is -1.65. The van der Waals surface area contributed by atoms with Crippen molar-refractivity contribution >= 4 is 25.8 Å². The number of carbonyl (C=O) groups excluding carboxylic acids is 1. The molecule has 0 N–H and O–H groups in total. The van der Waals surface area contributed by atoms with Crippen LogP contribution in [0.15, 0.2) is 23.1 Å². The van der Waals surface area contributed by atoms with Crippen LogP contribution < -0.4 is 4.74 Å². The van der Waals surface area contributed by atoms with Gasteiger partial charge in [-0.15, -0.1) is 0 Å². The molecule has 146 valence electrons. The molecule has 0 unspecified atom stereocenters. The molecule has 26 heavy (non-hydrogen) atoms. The van der Waals surface area contributed by atoms with Crippen LogP contribution in [-0.4, -0.2) is 66.4 Å². The Kier molecular flexibility index (Phi) is 6.30. The lowest BCUT2D eigenvalue weighted by atomic mass is 9.99. The lowest BCUT2D eigenvalue weighted by molar-refractivity contribution is 0.0600.